The van der Waals surface area contributed by atoms with Crippen LogP contribution in [0.2, 0.25) is 0 Å². The van der Waals surface area contributed by atoms with Gasteiger partial charge in [-0.25, -0.2) is 0 Å². The molecule has 0 unspecified atom stereocenters. The van der Waals surface area contributed by atoms with E-state index in [1.165, 1.54) is 10.8 Å². The Labute approximate surface area is 160 Å². The van der Waals surface area contributed by atoms with E-state index >= 15 is 0 Å². The van der Waals surface area contributed by atoms with E-state index in [1.807, 2.05) is 43.4 Å². The average Bonchev–Trinajstić information content (AvgIpc) is 2.71. The predicted molar refractivity (Wildman–Crippen MR) is 108 cm³/mol. The number of aryl methyl sites for hydroxylation is 1. The van der Waals surface area contributed by atoms with Gasteiger partial charge in [0, 0.05) is 20.0 Å². The van der Waals surface area contributed by atoms with Crippen molar-refractivity contribution in [2.45, 2.75) is 19.4 Å². The molecule has 4 heteroatoms. The zero-order valence-corrected chi connectivity index (χ0v) is 16.1. The van der Waals surface area contributed by atoms with Crippen LogP contribution in [0.1, 0.15) is 17.5 Å². The van der Waals surface area contributed by atoms with Crippen molar-refractivity contribution in [1.29, 1.82) is 0 Å². The summed E-state index contributed by atoms with van der Waals surface area (Å²) in [6.45, 7) is 0.603. The Morgan fingerprint density at radius 1 is 0.926 bits per heavy atom. The molecule has 0 N–H and O–H groups in total. The van der Waals surface area contributed by atoms with Crippen LogP contribution in [0.5, 0.6) is 11.5 Å². The second-order valence-electron chi connectivity index (χ2n) is 6.58. The van der Waals surface area contributed by atoms with Gasteiger partial charge in [0.1, 0.15) is 0 Å². The molecule has 0 aliphatic heterocycles. The van der Waals surface area contributed by atoms with Crippen molar-refractivity contribution in [3.05, 3.63) is 71.8 Å². The lowest BCUT2D eigenvalue weighted by Gasteiger charge is -2.19. The molecule has 1 amide bonds. The largest absolute Gasteiger partial charge is 0.493 e. The van der Waals surface area contributed by atoms with Gasteiger partial charge in [0.2, 0.25) is 5.91 Å². The molecule has 0 aliphatic carbocycles. The van der Waals surface area contributed by atoms with E-state index in [1.54, 1.807) is 19.1 Å². The molecule has 0 aromatic heterocycles. The Morgan fingerprint density at radius 2 is 1.67 bits per heavy atom. The Balaban J connectivity index is 1.64. The molecule has 4 nitrogen and oxygen atoms in total. The van der Waals surface area contributed by atoms with E-state index in [9.17, 15) is 4.79 Å². The smallest absolute Gasteiger partial charge is 0.222 e. The molecule has 0 fully saturated rings. The average molecular weight is 363 g/mol. The summed E-state index contributed by atoms with van der Waals surface area (Å²) >= 11 is 0. The highest BCUT2D eigenvalue weighted by molar-refractivity contribution is 5.86. The van der Waals surface area contributed by atoms with Gasteiger partial charge in [0.25, 0.3) is 0 Å². The molecule has 0 spiro atoms. The minimum Gasteiger partial charge on any atom is -0.493 e. The molecule has 0 bridgehead atoms. The maximum absolute atomic E-state index is 12.6. The van der Waals surface area contributed by atoms with Crippen molar-refractivity contribution in [3.63, 3.8) is 0 Å². The Kier molecular flexibility index (Phi) is 5.97. The third-order valence-electron chi connectivity index (χ3n) is 4.79. The van der Waals surface area contributed by atoms with Crippen LogP contribution >= 0.6 is 0 Å². The second kappa shape index (κ2) is 8.58. The molecule has 0 heterocycles. The van der Waals surface area contributed by atoms with Gasteiger partial charge in [-0.15, -0.1) is 0 Å². The monoisotopic (exact) mass is 363 g/mol. The maximum atomic E-state index is 12.6. The molecule has 0 saturated carbocycles. The first-order valence-electron chi connectivity index (χ1n) is 9.04. The highest BCUT2D eigenvalue weighted by atomic mass is 16.5. The number of benzene rings is 3. The second-order valence-corrected chi connectivity index (χ2v) is 6.58. The lowest BCUT2D eigenvalue weighted by molar-refractivity contribution is -0.130. The van der Waals surface area contributed by atoms with Gasteiger partial charge in [-0.05, 0) is 40.5 Å². The molecule has 0 radical (unpaired) electrons. The van der Waals surface area contributed by atoms with Crippen LogP contribution < -0.4 is 9.47 Å². The zero-order chi connectivity index (χ0) is 19.2. The van der Waals surface area contributed by atoms with E-state index in [4.69, 9.17) is 9.47 Å². The third kappa shape index (κ3) is 4.40. The number of methoxy groups -OCH3 is 2. The van der Waals surface area contributed by atoms with E-state index in [-0.39, 0.29) is 5.91 Å². The Bertz CT molecular complexity index is 931. The van der Waals surface area contributed by atoms with Crippen LogP contribution in [0.3, 0.4) is 0 Å². The van der Waals surface area contributed by atoms with Crippen LogP contribution in [-0.2, 0) is 17.8 Å². The first-order chi connectivity index (χ1) is 13.1. The van der Waals surface area contributed by atoms with Crippen LogP contribution in [0, 0.1) is 0 Å². The summed E-state index contributed by atoms with van der Waals surface area (Å²) in [5.74, 6) is 1.50. The fourth-order valence-electron chi connectivity index (χ4n) is 3.25. The van der Waals surface area contributed by atoms with Crippen LogP contribution in [0.25, 0.3) is 10.8 Å². The van der Waals surface area contributed by atoms with Gasteiger partial charge in [-0.3, -0.25) is 4.79 Å². The number of amides is 1. The molecule has 0 atom stereocenters. The lowest BCUT2D eigenvalue weighted by atomic mass is 10.0. The first kappa shape index (κ1) is 18.8. The minimum absolute atomic E-state index is 0.123. The van der Waals surface area contributed by atoms with Gasteiger partial charge in [-0.2, -0.15) is 0 Å². The van der Waals surface area contributed by atoms with Crippen molar-refractivity contribution in [3.8, 4) is 11.5 Å². The summed E-state index contributed by atoms with van der Waals surface area (Å²) in [6, 6.07) is 20.3. The standard InChI is InChI=1S/C23H25NO3/c1-24(16-19-9-6-8-18-7-4-5-10-20(18)19)23(25)14-12-17-11-13-21(26-2)22(15-17)27-3/h4-11,13,15H,12,14,16H2,1-3H3. The minimum atomic E-state index is 0.123. The third-order valence-corrected chi connectivity index (χ3v) is 4.79. The summed E-state index contributed by atoms with van der Waals surface area (Å²) in [5.41, 5.74) is 2.22. The van der Waals surface area contributed by atoms with E-state index in [2.05, 4.69) is 24.3 Å². The Morgan fingerprint density at radius 3 is 2.44 bits per heavy atom. The van der Waals surface area contributed by atoms with E-state index in [0.29, 0.717) is 30.9 Å². The predicted octanol–water partition coefficient (Wildman–Crippen LogP) is 4.45. The van der Waals surface area contributed by atoms with Gasteiger partial charge >= 0.3 is 0 Å². The van der Waals surface area contributed by atoms with Crippen molar-refractivity contribution in [2.24, 2.45) is 0 Å². The number of nitrogens with zero attached hydrogens (tertiary/aromatic N) is 1. The van der Waals surface area contributed by atoms with E-state index in [0.717, 1.165) is 11.1 Å². The fourth-order valence-corrected chi connectivity index (χ4v) is 3.25. The van der Waals surface area contributed by atoms with Crippen LogP contribution in [-0.4, -0.2) is 32.1 Å². The molecule has 27 heavy (non-hydrogen) atoms. The number of ether oxygens (including phenoxy) is 2. The number of carbonyl (C=O) groups is 1. The molecular formula is C23H25NO3. The fraction of sp³-hybridized carbons (Fsp3) is 0.261. The quantitative estimate of drug-likeness (QED) is 0.623. The molecule has 3 aromatic rings. The van der Waals surface area contributed by atoms with Crippen molar-refractivity contribution < 1.29 is 14.3 Å². The molecule has 140 valence electrons. The van der Waals surface area contributed by atoms with Gasteiger partial charge < -0.3 is 14.4 Å². The zero-order valence-electron chi connectivity index (χ0n) is 16.1. The topological polar surface area (TPSA) is 38.8 Å². The van der Waals surface area contributed by atoms with E-state index < -0.39 is 0 Å². The molecule has 0 saturated heterocycles. The summed E-state index contributed by atoms with van der Waals surface area (Å²) in [7, 11) is 5.09. The number of rotatable bonds is 7. The Hall–Kier alpha value is -3.01. The van der Waals surface area contributed by atoms with Crippen molar-refractivity contribution >= 4 is 16.7 Å². The van der Waals surface area contributed by atoms with Gasteiger partial charge in [0.15, 0.2) is 11.5 Å². The lowest BCUT2D eigenvalue weighted by Crippen LogP contribution is -2.26. The summed E-state index contributed by atoms with van der Waals surface area (Å²) in [6.07, 6.45) is 1.12. The van der Waals surface area contributed by atoms with Crippen LogP contribution in [0.15, 0.2) is 60.7 Å². The van der Waals surface area contributed by atoms with Crippen molar-refractivity contribution in [1.82, 2.24) is 4.90 Å². The number of carbonyl (C=O) groups excluding carboxylic acids is 1. The highest BCUT2D eigenvalue weighted by Crippen LogP contribution is 2.28. The summed E-state index contributed by atoms with van der Waals surface area (Å²) in [4.78, 5) is 14.4. The normalized spacial score (nSPS) is 10.6. The highest BCUT2D eigenvalue weighted by Gasteiger charge is 2.12. The molecular weight excluding hydrogens is 338 g/mol. The number of hydrogen-bond acceptors (Lipinski definition) is 3. The first-order valence-corrected chi connectivity index (χ1v) is 9.04. The summed E-state index contributed by atoms with van der Waals surface area (Å²) < 4.78 is 10.6. The van der Waals surface area contributed by atoms with Crippen molar-refractivity contribution in [2.75, 3.05) is 21.3 Å². The number of hydrogen-bond donors (Lipinski definition) is 0. The van der Waals surface area contributed by atoms with Gasteiger partial charge in [0.05, 0.1) is 14.2 Å². The SMILES string of the molecule is COc1ccc(CCC(=O)N(C)Cc2cccc3ccccc23)cc1OC. The molecule has 0 aliphatic rings. The summed E-state index contributed by atoms with van der Waals surface area (Å²) in [5, 5.41) is 2.39. The maximum Gasteiger partial charge on any atom is 0.222 e. The molecule has 3 rings (SSSR count). The number of fused-ring (bicyclic) bond motifs is 1. The molecule has 3 aromatic carbocycles. The van der Waals surface area contributed by atoms with Crippen LogP contribution in [0.4, 0.5) is 0 Å². The van der Waals surface area contributed by atoms with Gasteiger partial charge in [-0.1, -0.05) is 48.5 Å².